The van der Waals surface area contributed by atoms with Crippen molar-refractivity contribution in [2.24, 2.45) is 4.99 Å². The van der Waals surface area contributed by atoms with E-state index in [0.717, 1.165) is 18.3 Å². The number of hydrogen-bond donors (Lipinski definition) is 0. The number of benzene rings is 1. The average Bonchev–Trinajstić information content (AvgIpc) is 3.62. The highest BCUT2D eigenvalue weighted by molar-refractivity contribution is 7.93. The van der Waals surface area contributed by atoms with Crippen molar-refractivity contribution < 1.29 is 26.4 Å². The molecule has 2 heterocycles. The van der Waals surface area contributed by atoms with Crippen molar-refractivity contribution in [3.63, 3.8) is 0 Å². The number of rotatable bonds is 4. The van der Waals surface area contributed by atoms with Crippen molar-refractivity contribution in [2.45, 2.75) is 50.0 Å². The Labute approximate surface area is 224 Å². The first-order chi connectivity index (χ1) is 17.4. The highest BCUT2D eigenvalue weighted by Crippen LogP contribution is 2.56. The second-order valence-corrected chi connectivity index (χ2v) is 12.2. The molecule has 1 spiro atoms. The number of guanidine groups is 1. The van der Waals surface area contributed by atoms with E-state index in [1.807, 2.05) is 0 Å². The molecule has 2 unspecified atom stereocenters. The van der Waals surface area contributed by atoms with Gasteiger partial charge < -0.3 is 4.74 Å². The quantitative estimate of drug-likeness (QED) is 0.414. The summed E-state index contributed by atoms with van der Waals surface area (Å²) in [5, 5.41) is 0.103. The van der Waals surface area contributed by atoms with E-state index in [-0.39, 0.29) is 27.9 Å². The van der Waals surface area contributed by atoms with Gasteiger partial charge in [-0.15, -0.1) is 3.89 Å². The van der Waals surface area contributed by atoms with Crippen molar-refractivity contribution in [2.75, 3.05) is 7.05 Å². The van der Waals surface area contributed by atoms with Gasteiger partial charge in [0, 0.05) is 12.6 Å². The molecule has 8 nitrogen and oxygen atoms in total. The van der Waals surface area contributed by atoms with Crippen LogP contribution in [0.2, 0.25) is 5.15 Å². The van der Waals surface area contributed by atoms with Crippen LogP contribution in [0, 0.1) is 5.82 Å². The molecule has 0 bridgehead atoms. The van der Waals surface area contributed by atoms with Gasteiger partial charge in [0.1, 0.15) is 39.3 Å². The molecule has 1 aliphatic carbocycles. The van der Waals surface area contributed by atoms with E-state index in [0.29, 0.717) is 17.1 Å². The van der Waals surface area contributed by atoms with Crippen molar-refractivity contribution >= 4 is 58.9 Å². The molecule has 2 aromatic rings. The number of nitrogens with zero attached hydrogens (tertiary/aromatic N) is 5. The van der Waals surface area contributed by atoms with Gasteiger partial charge in [-0.1, -0.05) is 17.7 Å². The van der Waals surface area contributed by atoms with Gasteiger partial charge in [0.2, 0.25) is 5.96 Å². The molecule has 1 aromatic heterocycles. The van der Waals surface area contributed by atoms with Crippen LogP contribution in [-0.4, -0.2) is 52.2 Å². The Morgan fingerprint density at radius 3 is 2.59 bits per heavy atom. The predicted molar refractivity (Wildman–Crippen MR) is 137 cm³/mol. The molecule has 1 saturated carbocycles. The van der Waals surface area contributed by atoms with Gasteiger partial charge in [0.25, 0.3) is 0 Å². The second kappa shape index (κ2) is 10.3. The minimum Gasteiger partial charge on any atom is -0.443 e. The number of carbonyl (C=O) groups is 1. The zero-order valence-electron chi connectivity index (χ0n) is 20.2. The summed E-state index contributed by atoms with van der Waals surface area (Å²) in [5.74, 6) is -1.68. The Bertz CT molecular complexity index is 1300. The summed E-state index contributed by atoms with van der Waals surface area (Å²) in [4.78, 5) is 24.8. The Hall–Kier alpha value is -2.64. The lowest BCUT2D eigenvalue weighted by Crippen LogP contribution is -2.51. The monoisotopic (exact) mass is 573 g/mol. The molecular formula is C23H23ClF3N5O3S2. The number of carbonyl (C=O) groups excluding carboxylic acids is 1. The number of amides is 1. The van der Waals surface area contributed by atoms with E-state index < -0.39 is 57.4 Å². The summed E-state index contributed by atoms with van der Waals surface area (Å²) in [6, 6.07) is 2.86. The maximum atomic E-state index is 15.1. The summed E-state index contributed by atoms with van der Waals surface area (Å²) in [7, 11) is -0.365. The van der Waals surface area contributed by atoms with Crippen molar-refractivity contribution in [1.29, 1.82) is 0 Å². The molecule has 198 valence electrons. The maximum absolute atomic E-state index is 15.1. The summed E-state index contributed by atoms with van der Waals surface area (Å²) in [6.45, 7) is 4.84. The summed E-state index contributed by atoms with van der Waals surface area (Å²) in [5.41, 5.74) is -0.678. The van der Waals surface area contributed by atoms with E-state index in [4.69, 9.17) is 16.3 Å². The molecule has 2 aliphatic rings. The first kappa shape index (κ1) is 27.4. The molecule has 0 N–H and O–H groups in total. The molecule has 1 aromatic carbocycles. The molecule has 4 rings (SSSR count). The van der Waals surface area contributed by atoms with Crippen LogP contribution in [0.3, 0.4) is 0 Å². The number of hydrogen-bond acceptors (Lipinski definition) is 7. The standard InChI is InChI=1S/C23H23ClF3N5O3S2/c1-22(2,3)35-21(33)32(36-27)20-30-19(23(7-8-23)37(34)31(20)4)14-9-13(5-6-15(14)25)10-16(26)17-11-29-18(24)12-28-17/h5-6,9-12,19H,7-8H2,1-4H3/b16-10-. The maximum Gasteiger partial charge on any atom is 0.429 e. The third-order valence-corrected chi connectivity index (χ3v) is 8.28. The van der Waals surface area contributed by atoms with Crippen LogP contribution in [0.4, 0.5) is 17.5 Å². The minimum absolute atomic E-state index is 0.0354. The predicted octanol–water partition coefficient (Wildman–Crippen LogP) is 6.05. The molecule has 14 heteroatoms. The lowest BCUT2D eigenvalue weighted by atomic mass is 9.99. The largest absolute Gasteiger partial charge is 0.443 e. The Morgan fingerprint density at radius 1 is 1.32 bits per heavy atom. The smallest absolute Gasteiger partial charge is 0.429 e. The summed E-state index contributed by atoms with van der Waals surface area (Å²) >= 11 is 5.24. The van der Waals surface area contributed by atoms with Crippen LogP contribution in [0.25, 0.3) is 11.9 Å². The third kappa shape index (κ3) is 5.63. The van der Waals surface area contributed by atoms with Gasteiger partial charge in [-0.3, -0.25) is 4.31 Å². The fourth-order valence-electron chi connectivity index (χ4n) is 3.82. The highest BCUT2D eigenvalue weighted by atomic mass is 35.5. The number of aliphatic imine (C=N–C) groups is 1. The van der Waals surface area contributed by atoms with Gasteiger partial charge in [0.15, 0.2) is 18.2 Å². The fraction of sp³-hybridized carbons (Fsp3) is 0.391. The van der Waals surface area contributed by atoms with Crippen LogP contribution in [0.15, 0.2) is 35.6 Å². The molecule has 0 saturated heterocycles. The zero-order valence-corrected chi connectivity index (χ0v) is 22.6. The van der Waals surface area contributed by atoms with Gasteiger partial charge in [-0.25, -0.2) is 32.7 Å². The molecule has 1 aliphatic heterocycles. The fourth-order valence-corrected chi connectivity index (χ4v) is 5.94. The molecule has 1 fully saturated rings. The third-order valence-electron chi connectivity index (χ3n) is 5.65. The molecule has 0 radical (unpaired) electrons. The summed E-state index contributed by atoms with van der Waals surface area (Å²) < 4.78 is 63.3. The SMILES string of the molecule is CN1C(N(SF)C(=O)OC(C)(C)C)=NC(c2cc(/C=C(\F)c3cnc(Cl)cn3)ccc2F)C2(CC2)S1=O. The van der Waals surface area contributed by atoms with Gasteiger partial charge in [0.05, 0.1) is 17.1 Å². The number of aromatic nitrogens is 2. The lowest BCUT2D eigenvalue weighted by Gasteiger charge is -2.37. The first-order valence-corrected chi connectivity index (χ1v) is 13.2. The normalized spacial score (nSPS) is 21.0. The van der Waals surface area contributed by atoms with Crippen molar-refractivity contribution in [3.05, 3.63) is 58.4 Å². The molecule has 1 amide bonds. The number of ether oxygens (including phenoxy) is 1. The van der Waals surface area contributed by atoms with Crippen LogP contribution in [-0.2, 0) is 15.7 Å². The van der Waals surface area contributed by atoms with Crippen LogP contribution >= 0.6 is 23.9 Å². The Kier molecular flexibility index (Phi) is 7.59. The van der Waals surface area contributed by atoms with E-state index in [9.17, 15) is 17.3 Å². The Balaban J connectivity index is 1.75. The molecule has 2 atom stereocenters. The average molecular weight is 574 g/mol. The van der Waals surface area contributed by atoms with Gasteiger partial charge >= 0.3 is 6.09 Å². The van der Waals surface area contributed by atoms with Crippen LogP contribution < -0.4 is 0 Å². The Morgan fingerprint density at radius 2 is 2.03 bits per heavy atom. The van der Waals surface area contributed by atoms with E-state index >= 15 is 4.39 Å². The molecular weight excluding hydrogens is 551 g/mol. The number of halogens is 4. The summed E-state index contributed by atoms with van der Waals surface area (Å²) in [6.07, 6.45) is 3.37. The van der Waals surface area contributed by atoms with E-state index in [2.05, 4.69) is 15.0 Å². The van der Waals surface area contributed by atoms with Gasteiger partial charge in [-0.2, -0.15) is 4.31 Å². The minimum atomic E-state index is -1.78. The van der Waals surface area contributed by atoms with Gasteiger partial charge in [-0.05, 0) is 57.4 Å². The van der Waals surface area contributed by atoms with E-state index in [1.54, 1.807) is 20.8 Å². The van der Waals surface area contributed by atoms with Crippen molar-refractivity contribution in [1.82, 2.24) is 18.6 Å². The highest BCUT2D eigenvalue weighted by Gasteiger charge is 2.61. The van der Waals surface area contributed by atoms with E-state index in [1.165, 1.54) is 29.7 Å². The second-order valence-electron chi connectivity index (χ2n) is 9.48. The first-order valence-electron chi connectivity index (χ1n) is 11.1. The van der Waals surface area contributed by atoms with Crippen LogP contribution in [0.5, 0.6) is 0 Å². The lowest BCUT2D eigenvalue weighted by molar-refractivity contribution is 0.0464. The van der Waals surface area contributed by atoms with Crippen molar-refractivity contribution in [3.8, 4) is 0 Å². The van der Waals surface area contributed by atoms with Crippen LogP contribution in [0.1, 0.15) is 56.5 Å². The topological polar surface area (TPSA) is 88.0 Å². The zero-order chi connectivity index (χ0) is 27.1. The molecule has 37 heavy (non-hydrogen) atoms.